The number of aliphatic carboxylic acids is 2. The summed E-state index contributed by atoms with van der Waals surface area (Å²) in [6.45, 7) is 0.662. The fraction of sp³-hybridized carbons (Fsp3) is 0.519. The summed E-state index contributed by atoms with van der Waals surface area (Å²) in [7, 11) is 1.95. The zero-order chi connectivity index (χ0) is 31.9. The van der Waals surface area contributed by atoms with Crippen molar-refractivity contribution in [1.82, 2.24) is 4.90 Å². The number of carboxylic acid groups (broad SMARTS) is 2. The average Bonchev–Trinajstić information content (AvgIpc) is 3.28. The number of likely N-dealkylation sites (tertiary alicyclic amines) is 1. The van der Waals surface area contributed by atoms with Crippen LogP contribution < -0.4 is 4.74 Å². The van der Waals surface area contributed by atoms with E-state index < -0.39 is 78.8 Å². The first-order chi connectivity index (χ1) is 20.0. The Labute approximate surface area is 241 Å². The third kappa shape index (κ3) is 5.76. The van der Waals surface area contributed by atoms with Gasteiger partial charge in [0.05, 0.1) is 30.3 Å². The molecule has 4 aliphatic rings. The maximum Gasteiger partial charge on any atom is 0.446 e. The number of ether oxygens (including phenoxy) is 3. The minimum absolute atomic E-state index is 0.0648. The van der Waals surface area contributed by atoms with Crippen molar-refractivity contribution in [2.24, 2.45) is 0 Å². The van der Waals surface area contributed by atoms with E-state index in [0.29, 0.717) is 19.4 Å². The number of carbonyl (C=O) groups excluding carboxylic acids is 3. The van der Waals surface area contributed by atoms with Crippen LogP contribution in [-0.4, -0.2) is 99.1 Å². The van der Waals surface area contributed by atoms with E-state index >= 15 is 0 Å². The van der Waals surface area contributed by atoms with Gasteiger partial charge in [-0.1, -0.05) is 6.07 Å². The predicted molar refractivity (Wildman–Crippen MR) is 134 cm³/mol. The number of halogens is 3. The molecule has 0 saturated carbocycles. The molecule has 43 heavy (non-hydrogen) atoms. The molecule has 4 N–H and O–H groups in total. The normalized spacial score (nSPS) is 27.2. The van der Waals surface area contributed by atoms with Crippen LogP contribution in [0.15, 0.2) is 24.0 Å². The second-order valence-electron chi connectivity index (χ2n) is 10.7. The van der Waals surface area contributed by atoms with Crippen molar-refractivity contribution < 1.29 is 71.8 Å². The van der Waals surface area contributed by atoms with E-state index in [2.05, 4.69) is 9.64 Å². The van der Waals surface area contributed by atoms with E-state index in [1.807, 2.05) is 13.1 Å². The van der Waals surface area contributed by atoms with Gasteiger partial charge in [0.15, 0.2) is 17.6 Å². The first-order valence-electron chi connectivity index (χ1n) is 13.1. The number of rotatable bonds is 8. The van der Waals surface area contributed by atoms with Crippen LogP contribution in [0, 0.1) is 0 Å². The average molecular weight is 616 g/mol. The lowest BCUT2D eigenvalue weighted by atomic mass is 9.50. The van der Waals surface area contributed by atoms with Crippen molar-refractivity contribution >= 4 is 30.2 Å². The maximum absolute atomic E-state index is 12.6. The van der Waals surface area contributed by atoms with E-state index in [1.54, 1.807) is 12.1 Å². The molecule has 0 radical (unpaired) electrons. The van der Waals surface area contributed by atoms with Crippen LogP contribution >= 0.6 is 0 Å². The summed E-state index contributed by atoms with van der Waals surface area (Å²) in [4.78, 5) is 57.3. The maximum atomic E-state index is 12.6. The third-order valence-electron chi connectivity index (χ3n) is 8.16. The lowest BCUT2D eigenvalue weighted by Crippen LogP contribution is -2.74. The molecule has 2 heterocycles. The van der Waals surface area contributed by atoms with Crippen LogP contribution in [0.25, 0.3) is 0 Å². The minimum Gasteiger partial charge on any atom is -0.504 e. The molecule has 13 nitrogen and oxygen atoms in total. The second kappa shape index (κ2) is 11.5. The Morgan fingerprint density at radius 2 is 1.84 bits per heavy atom. The van der Waals surface area contributed by atoms with Crippen molar-refractivity contribution in [1.29, 1.82) is 0 Å². The van der Waals surface area contributed by atoms with E-state index in [4.69, 9.17) is 24.5 Å². The molecule has 234 valence electrons. The Morgan fingerprint density at radius 1 is 1.19 bits per heavy atom. The molecule has 0 unspecified atom stereocenters. The number of piperidine rings is 1. The number of aromatic hydroxyl groups is 1. The molecule has 5 atom stereocenters. The van der Waals surface area contributed by atoms with Gasteiger partial charge in [-0.05, 0) is 44.1 Å². The Morgan fingerprint density at radius 3 is 2.44 bits per heavy atom. The molecule has 1 saturated heterocycles. The van der Waals surface area contributed by atoms with Crippen LogP contribution in [0.1, 0.15) is 43.2 Å². The van der Waals surface area contributed by atoms with E-state index in [9.17, 15) is 42.6 Å². The molecule has 1 aromatic rings. The smallest absolute Gasteiger partial charge is 0.446 e. The van der Waals surface area contributed by atoms with Gasteiger partial charge in [-0.2, -0.15) is 13.2 Å². The molecule has 1 aromatic carbocycles. The molecule has 5 rings (SSSR count). The Hall–Kier alpha value is -4.18. The fourth-order valence-corrected chi connectivity index (χ4v) is 6.38. The highest BCUT2D eigenvalue weighted by molar-refractivity contribution is 5.84. The van der Waals surface area contributed by atoms with Crippen molar-refractivity contribution in [2.75, 3.05) is 13.6 Å². The number of phenols is 1. The Bertz CT molecular complexity index is 1380. The molecule has 1 fully saturated rings. The predicted octanol–water partition coefficient (Wildman–Crippen LogP) is 1.21. The first-order valence-corrected chi connectivity index (χ1v) is 13.1. The van der Waals surface area contributed by atoms with Crippen LogP contribution in [-0.2, 0) is 45.3 Å². The molecule has 2 aliphatic heterocycles. The lowest BCUT2D eigenvalue weighted by molar-refractivity contribution is -0.171. The number of aldehydes is 1. The molecule has 0 amide bonds. The number of likely N-dealkylation sites (N-methyl/N-ethyl adjacent to an activating group) is 1. The molecule has 1 spiro atoms. The number of carbonyl (C=O) groups is 5. The number of hydrogen-bond donors (Lipinski definition) is 4. The topological polar surface area (TPSA) is 197 Å². The first kappa shape index (κ1) is 31.7. The molecule has 2 bridgehead atoms. The van der Waals surface area contributed by atoms with Gasteiger partial charge in [-0.3, -0.25) is 19.2 Å². The largest absolute Gasteiger partial charge is 0.504 e. The standard InChI is InChI=1S/C25H27NO11.C2HF3O/c1-26-9-8-24-20-12-2-3-13(27)21(20)37-22(24)14(6-7-25(24,34)16(26)10-12)35-18(30)4-5-19(31)36-15(23(32)33)11-17(28)29;3-2(4,5)1-6/h2-3,6,15-16,22,27,34H,4-5,7-11H2,1H3,(H,28,29)(H,32,33);1H/t15-,16-,22+,24+,25-;/m1./s1. The number of benzene rings is 1. The van der Waals surface area contributed by atoms with Crippen LogP contribution in [0.2, 0.25) is 0 Å². The van der Waals surface area contributed by atoms with E-state index in [1.165, 1.54) is 0 Å². The van der Waals surface area contributed by atoms with Crippen LogP contribution in [0.4, 0.5) is 13.2 Å². The van der Waals surface area contributed by atoms with E-state index in [-0.39, 0.29) is 29.7 Å². The van der Waals surface area contributed by atoms with Gasteiger partial charge in [0.25, 0.3) is 0 Å². The summed E-state index contributed by atoms with van der Waals surface area (Å²) in [6, 6.07) is 3.18. The minimum atomic E-state index is -4.64. The molecule has 2 aliphatic carbocycles. The van der Waals surface area contributed by atoms with Gasteiger partial charge in [0, 0.05) is 18.0 Å². The molecule has 0 aromatic heterocycles. The van der Waals surface area contributed by atoms with Crippen LogP contribution in [0.3, 0.4) is 0 Å². The molecular weight excluding hydrogens is 587 g/mol. The SMILES string of the molecule is CN1CC[C@]23c4c5ccc(O)c4O[C@H]2C(OC(=O)CCC(=O)O[C@H](CC(=O)O)C(=O)O)=CC[C@@]3(O)[C@H]1C5.O=CC(F)(F)F. The van der Waals surface area contributed by atoms with Gasteiger partial charge in [-0.25, -0.2) is 4.79 Å². The quantitative estimate of drug-likeness (QED) is 0.241. The second-order valence-corrected chi connectivity index (χ2v) is 10.7. The van der Waals surface area contributed by atoms with Gasteiger partial charge in [0.2, 0.25) is 12.4 Å². The van der Waals surface area contributed by atoms with Crippen LogP contribution in [0.5, 0.6) is 11.5 Å². The van der Waals surface area contributed by atoms with Gasteiger partial charge in [0.1, 0.15) is 5.76 Å². The summed E-state index contributed by atoms with van der Waals surface area (Å²) in [5.41, 5.74) is -0.443. The van der Waals surface area contributed by atoms with Crippen molar-refractivity contribution in [3.63, 3.8) is 0 Å². The fourth-order valence-electron chi connectivity index (χ4n) is 6.38. The number of esters is 2. The summed E-state index contributed by atoms with van der Waals surface area (Å²) in [5.74, 6) is -4.54. The zero-order valence-electron chi connectivity index (χ0n) is 22.6. The Kier molecular flexibility index (Phi) is 8.48. The number of hydrogen-bond acceptors (Lipinski definition) is 11. The molecular formula is C27H28F3NO12. The summed E-state index contributed by atoms with van der Waals surface area (Å²) >= 11 is 0. The van der Waals surface area contributed by atoms with Crippen molar-refractivity contribution in [3.05, 3.63) is 35.1 Å². The summed E-state index contributed by atoms with van der Waals surface area (Å²) in [5, 5.41) is 40.4. The monoisotopic (exact) mass is 615 g/mol. The third-order valence-corrected chi connectivity index (χ3v) is 8.16. The number of nitrogens with zero attached hydrogens (tertiary/aromatic N) is 1. The van der Waals surface area contributed by atoms with E-state index in [0.717, 1.165) is 11.1 Å². The number of aliphatic hydroxyl groups is 1. The van der Waals surface area contributed by atoms with Crippen molar-refractivity contribution in [3.8, 4) is 11.5 Å². The summed E-state index contributed by atoms with van der Waals surface area (Å²) in [6.07, 6.45) is -7.43. The van der Waals surface area contributed by atoms with Gasteiger partial charge in [-0.15, -0.1) is 0 Å². The highest BCUT2D eigenvalue weighted by Crippen LogP contribution is 2.65. The zero-order valence-corrected chi connectivity index (χ0v) is 22.6. The Balaban J connectivity index is 0.000000641. The molecule has 16 heteroatoms. The number of carboxylic acids is 2. The highest BCUT2D eigenvalue weighted by Gasteiger charge is 2.72. The van der Waals surface area contributed by atoms with Gasteiger partial charge < -0.3 is 39.5 Å². The number of alkyl halides is 3. The summed E-state index contributed by atoms with van der Waals surface area (Å²) < 4.78 is 47.7. The number of phenolic OH excluding ortho intramolecular Hbond substituents is 1. The van der Waals surface area contributed by atoms with Gasteiger partial charge >= 0.3 is 30.1 Å². The van der Waals surface area contributed by atoms with Crippen molar-refractivity contribution in [2.45, 2.75) is 74.0 Å². The lowest BCUT2D eigenvalue weighted by Gasteiger charge is -2.61. The highest BCUT2D eigenvalue weighted by atomic mass is 19.4.